The molecule has 2 aliphatic rings. The van der Waals surface area contributed by atoms with Crippen LogP contribution in [-0.2, 0) is 16.8 Å². The molecule has 1 amide bonds. The molecule has 4 heterocycles. The van der Waals surface area contributed by atoms with Crippen LogP contribution in [0.15, 0.2) is 28.7 Å². The number of carbonyl (C=O) groups is 1. The number of amides is 1. The Bertz CT molecular complexity index is 1390. The van der Waals surface area contributed by atoms with Gasteiger partial charge in [-0.25, -0.2) is 0 Å². The summed E-state index contributed by atoms with van der Waals surface area (Å²) in [6.45, 7) is 14.2. The van der Waals surface area contributed by atoms with Gasteiger partial charge in [-0.1, -0.05) is 26.0 Å². The lowest BCUT2D eigenvalue weighted by molar-refractivity contribution is -0.0435. The van der Waals surface area contributed by atoms with Crippen molar-refractivity contribution in [3.8, 4) is 11.8 Å². The quantitative estimate of drug-likeness (QED) is 0.273. The highest BCUT2D eigenvalue weighted by Gasteiger charge is 2.36. The molecule has 0 bridgehead atoms. The van der Waals surface area contributed by atoms with Crippen molar-refractivity contribution in [2.75, 3.05) is 45.0 Å². The van der Waals surface area contributed by atoms with Crippen molar-refractivity contribution in [3.05, 3.63) is 58.0 Å². The molecule has 2 atom stereocenters. The molecule has 2 aliphatic heterocycles. The second-order valence-electron chi connectivity index (χ2n) is 11.5. The van der Waals surface area contributed by atoms with E-state index in [1.54, 1.807) is 6.07 Å². The summed E-state index contributed by atoms with van der Waals surface area (Å²) < 4.78 is 23.1. The number of hydrogen-bond acceptors (Lipinski definition) is 9. The minimum Gasteiger partial charge on any atom is -0.479 e. The molecule has 1 aromatic carbocycles. The first-order valence-corrected chi connectivity index (χ1v) is 15.3. The molecule has 3 aromatic rings. The van der Waals surface area contributed by atoms with E-state index in [9.17, 15) is 4.79 Å². The van der Waals surface area contributed by atoms with Gasteiger partial charge in [-0.05, 0) is 94.9 Å². The van der Waals surface area contributed by atoms with E-state index < -0.39 is 5.91 Å². The van der Waals surface area contributed by atoms with E-state index in [1.165, 1.54) is 38.2 Å². The molecular weight excluding hydrogens is 546 g/mol. The van der Waals surface area contributed by atoms with Crippen molar-refractivity contribution in [2.24, 2.45) is 0 Å². The molecule has 1 saturated heterocycles. The van der Waals surface area contributed by atoms with Gasteiger partial charge in [0.05, 0.1) is 25.9 Å². The van der Waals surface area contributed by atoms with Gasteiger partial charge in [0.2, 0.25) is 17.7 Å². The van der Waals surface area contributed by atoms with Gasteiger partial charge in [-0.3, -0.25) is 4.79 Å². The van der Waals surface area contributed by atoms with Crippen LogP contribution in [0.2, 0.25) is 0 Å². The molecule has 0 spiro atoms. The lowest BCUT2D eigenvalue weighted by atomic mass is 9.89. The molecule has 234 valence electrons. The summed E-state index contributed by atoms with van der Waals surface area (Å²) in [6.07, 6.45) is 4.00. The van der Waals surface area contributed by atoms with Gasteiger partial charge in [0.1, 0.15) is 5.76 Å². The first kappa shape index (κ1) is 32.3. The van der Waals surface area contributed by atoms with E-state index in [0.29, 0.717) is 24.2 Å². The number of rotatable bonds is 10. The fraction of sp³-hybridized carbons (Fsp3) is 0.545. The average Bonchev–Trinajstić information content (AvgIpc) is 3.68. The van der Waals surface area contributed by atoms with E-state index >= 15 is 0 Å². The van der Waals surface area contributed by atoms with Gasteiger partial charge in [-0.15, -0.1) is 0 Å². The number of aromatic nitrogens is 2. The van der Waals surface area contributed by atoms with Crippen LogP contribution >= 0.6 is 0 Å². The molecular formula is C33H47N5O5. The van der Waals surface area contributed by atoms with Crippen molar-refractivity contribution in [1.82, 2.24) is 14.9 Å². The maximum absolute atomic E-state index is 13.2. The van der Waals surface area contributed by atoms with E-state index in [1.807, 2.05) is 19.9 Å². The molecule has 43 heavy (non-hydrogen) atoms. The third-order valence-electron chi connectivity index (χ3n) is 8.22. The maximum Gasteiger partial charge on any atom is 0.291 e. The predicted molar refractivity (Wildman–Crippen MR) is 168 cm³/mol. The summed E-state index contributed by atoms with van der Waals surface area (Å²) in [5.41, 5.74) is 4.65. The largest absolute Gasteiger partial charge is 0.479 e. The van der Waals surface area contributed by atoms with E-state index in [4.69, 9.17) is 18.6 Å². The number of methoxy groups -OCH3 is 2. The molecule has 2 aromatic heterocycles. The zero-order valence-electron chi connectivity index (χ0n) is 27.1. The van der Waals surface area contributed by atoms with Gasteiger partial charge in [-0.2, -0.15) is 9.97 Å². The van der Waals surface area contributed by atoms with Gasteiger partial charge in [0, 0.05) is 19.0 Å². The van der Waals surface area contributed by atoms with Crippen molar-refractivity contribution in [2.45, 2.75) is 85.0 Å². The number of anilines is 2. The van der Waals surface area contributed by atoms with Crippen LogP contribution in [0.4, 0.5) is 11.6 Å². The Kier molecular flexibility index (Phi) is 10.3. The number of hydrogen-bond donors (Lipinski definition) is 2. The molecule has 2 N–H and O–H groups in total. The molecule has 0 radical (unpaired) electrons. The van der Waals surface area contributed by atoms with Crippen molar-refractivity contribution < 1.29 is 23.4 Å². The van der Waals surface area contributed by atoms with Gasteiger partial charge in [0.15, 0.2) is 11.4 Å². The molecule has 10 nitrogen and oxygen atoms in total. The van der Waals surface area contributed by atoms with Crippen molar-refractivity contribution in [1.29, 1.82) is 0 Å². The SMILES string of the molecule is CC.COc1nc(NCCC2CCCN2C)nc(OC)c1NC(=O)c1ccc(Cc2cc3c(cc2C)C(C)(C)OC3C)o1. The highest BCUT2D eigenvalue weighted by Crippen LogP contribution is 2.44. The smallest absolute Gasteiger partial charge is 0.291 e. The Morgan fingerprint density at radius 2 is 1.84 bits per heavy atom. The third kappa shape index (κ3) is 7.13. The monoisotopic (exact) mass is 593 g/mol. The Balaban J connectivity index is 0.00000207. The number of nitrogens with zero attached hydrogens (tertiary/aromatic N) is 3. The van der Waals surface area contributed by atoms with E-state index in [2.05, 4.69) is 72.4 Å². The summed E-state index contributed by atoms with van der Waals surface area (Å²) in [4.78, 5) is 24.5. The van der Waals surface area contributed by atoms with Crippen LogP contribution in [0.3, 0.4) is 0 Å². The molecule has 0 saturated carbocycles. The highest BCUT2D eigenvalue weighted by atomic mass is 16.5. The molecule has 2 unspecified atom stereocenters. The third-order valence-corrected chi connectivity index (χ3v) is 8.22. The zero-order chi connectivity index (χ0) is 31.3. The first-order chi connectivity index (χ1) is 20.6. The fourth-order valence-corrected chi connectivity index (χ4v) is 5.94. The number of nitrogens with one attached hydrogen (secondary N) is 2. The maximum atomic E-state index is 13.2. The number of fused-ring (bicyclic) bond motifs is 1. The van der Waals surface area contributed by atoms with Gasteiger partial charge >= 0.3 is 0 Å². The minimum atomic E-state index is -0.448. The molecule has 10 heteroatoms. The molecule has 5 rings (SSSR count). The Hall–Kier alpha value is -3.63. The standard InChI is InChI=1S/C31H41N5O5.C2H6/c1-18-15-24-23(19(2)41-31(24,3)4)17-20(18)16-22-10-11-25(40-22)27(37)33-26-28(38-6)34-30(35-29(26)39-7)32-13-12-21-9-8-14-36(21)5;1-2/h10-11,15,17,19,21H,8-9,12-14,16H2,1-7H3,(H,33,37)(H,32,34,35);1-2H3. The van der Waals surface area contributed by atoms with E-state index in [0.717, 1.165) is 30.6 Å². The zero-order valence-corrected chi connectivity index (χ0v) is 27.1. The van der Waals surface area contributed by atoms with E-state index in [-0.39, 0.29) is 34.9 Å². The topological polar surface area (TPSA) is 111 Å². The number of benzene rings is 1. The number of aryl methyl sites for hydroxylation is 1. The Morgan fingerprint density at radius 3 is 2.47 bits per heavy atom. The van der Waals surface area contributed by atoms with Crippen LogP contribution in [0.5, 0.6) is 11.8 Å². The Morgan fingerprint density at radius 1 is 1.14 bits per heavy atom. The number of furan rings is 1. The number of carbonyl (C=O) groups excluding carboxylic acids is 1. The summed E-state index contributed by atoms with van der Waals surface area (Å²) in [7, 11) is 5.14. The van der Waals surface area contributed by atoms with Crippen LogP contribution in [0.25, 0.3) is 0 Å². The first-order valence-electron chi connectivity index (χ1n) is 15.3. The van der Waals surface area contributed by atoms with Crippen LogP contribution in [0, 0.1) is 6.92 Å². The lowest BCUT2D eigenvalue weighted by Crippen LogP contribution is -2.27. The number of likely N-dealkylation sites (tertiary alicyclic amines) is 1. The molecule has 0 aliphatic carbocycles. The average molecular weight is 594 g/mol. The highest BCUT2D eigenvalue weighted by molar-refractivity contribution is 6.03. The fourth-order valence-electron chi connectivity index (χ4n) is 5.94. The van der Waals surface area contributed by atoms with Gasteiger partial charge < -0.3 is 34.2 Å². The predicted octanol–water partition coefficient (Wildman–Crippen LogP) is 6.49. The van der Waals surface area contributed by atoms with Crippen molar-refractivity contribution >= 4 is 17.5 Å². The van der Waals surface area contributed by atoms with Gasteiger partial charge in [0.25, 0.3) is 5.91 Å². The Labute approximate surface area is 255 Å². The minimum absolute atomic E-state index is 0.0278. The summed E-state index contributed by atoms with van der Waals surface area (Å²) in [5.74, 6) is 1.19. The van der Waals surface area contributed by atoms with Crippen LogP contribution in [-0.4, -0.2) is 61.2 Å². The molecule has 1 fully saturated rings. The summed E-state index contributed by atoms with van der Waals surface area (Å²) in [5, 5.41) is 6.07. The second-order valence-corrected chi connectivity index (χ2v) is 11.5. The van der Waals surface area contributed by atoms with Crippen LogP contribution < -0.4 is 20.1 Å². The summed E-state index contributed by atoms with van der Waals surface area (Å²) >= 11 is 0. The number of ether oxygens (including phenoxy) is 3. The lowest BCUT2D eigenvalue weighted by Gasteiger charge is -2.20. The summed E-state index contributed by atoms with van der Waals surface area (Å²) in [6, 6.07) is 8.44. The second kappa shape index (κ2) is 13.8. The van der Waals surface area contributed by atoms with Crippen LogP contribution in [0.1, 0.15) is 98.6 Å². The normalized spacial score (nSPS) is 18.9. The van der Waals surface area contributed by atoms with Crippen molar-refractivity contribution in [3.63, 3.8) is 0 Å².